The Kier molecular flexibility index (Phi) is 5.36. The number of aromatic carboxylic acids is 1. The van der Waals surface area contributed by atoms with Gasteiger partial charge in [-0.15, -0.1) is 0 Å². The summed E-state index contributed by atoms with van der Waals surface area (Å²) in [7, 11) is 0. The third-order valence-electron chi connectivity index (χ3n) is 4.15. The number of carbonyl (C=O) groups excluding carboxylic acids is 1. The van der Waals surface area contributed by atoms with Gasteiger partial charge in [0.15, 0.2) is 0 Å². The summed E-state index contributed by atoms with van der Waals surface area (Å²) in [6.07, 6.45) is -0.138. The van der Waals surface area contributed by atoms with Crippen LogP contribution >= 0.6 is 0 Å². The van der Waals surface area contributed by atoms with Crippen molar-refractivity contribution in [3.05, 3.63) is 78.0 Å². The van der Waals surface area contributed by atoms with Crippen molar-refractivity contribution in [1.82, 2.24) is 4.57 Å². The Labute approximate surface area is 164 Å². The Morgan fingerprint density at radius 1 is 0.964 bits per heavy atom. The summed E-state index contributed by atoms with van der Waals surface area (Å²) in [5.74, 6) is -1.55. The summed E-state index contributed by atoms with van der Waals surface area (Å²) >= 11 is 0. The second-order valence-electron chi connectivity index (χ2n) is 7.50. The summed E-state index contributed by atoms with van der Waals surface area (Å²) in [5, 5.41) is 9.78. The lowest BCUT2D eigenvalue weighted by Gasteiger charge is -2.20. The summed E-state index contributed by atoms with van der Waals surface area (Å²) in [5.41, 5.74) is 2.20. The maximum absolute atomic E-state index is 12.5. The number of carboxylic acid groups (broad SMARTS) is 1. The van der Waals surface area contributed by atoms with Crippen LogP contribution in [-0.4, -0.2) is 27.2 Å². The van der Waals surface area contributed by atoms with Gasteiger partial charge in [-0.25, -0.2) is 4.79 Å². The number of hydrogen-bond donors (Lipinski definition) is 1. The number of carboxylic acids is 1. The molecule has 144 valence electrons. The summed E-state index contributed by atoms with van der Waals surface area (Å²) in [6, 6.07) is 20.5. The number of para-hydroxylation sites is 1. The molecule has 1 heterocycles. The van der Waals surface area contributed by atoms with Crippen LogP contribution in [0.2, 0.25) is 0 Å². The van der Waals surface area contributed by atoms with E-state index in [2.05, 4.69) is 0 Å². The van der Waals surface area contributed by atoms with E-state index in [1.165, 1.54) is 0 Å². The molecule has 1 aromatic heterocycles. The first-order chi connectivity index (χ1) is 13.3. The number of nitrogens with zero attached hydrogens (tertiary/aromatic N) is 1. The van der Waals surface area contributed by atoms with Gasteiger partial charge in [0.2, 0.25) is 0 Å². The first-order valence-electron chi connectivity index (χ1n) is 9.07. The number of benzene rings is 2. The van der Waals surface area contributed by atoms with Crippen LogP contribution < -0.4 is 0 Å². The van der Waals surface area contributed by atoms with Crippen molar-refractivity contribution in [2.24, 2.45) is 0 Å². The van der Waals surface area contributed by atoms with E-state index in [1.807, 2.05) is 65.2 Å². The van der Waals surface area contributed by atoms with Gasteiger partial charge in [0.25, 0.3) is 0 Å². The molecule has 0 fully saturated rings. The van der Waals surface area contributed by atoms with Crippen LogP contribution in [0.3, 0.4) is 0 Å². The van der Waals surface area contributed by atoms with Gasteiger partial charge in [0.05, 0.1) is 17.7 Å². The predicted octanol–water partition coefficient (Wildman–Crippen LogP) is 4.73. The molecule has 0 saturated heterocycles. The lowest BCUT2D eigenvalue weighted by atomic mass is 10.1. The molecule has 0 spiro atoms. The third-order valence-corrected chi connectivity index (χ3v) is 4.15. The van der Waals surface area contributed by atoms with E-state index >= 15 is 0 Å². The fourth-order valence-electron chi connectivity index (χ4n) is 3.12. The minimum atomic E-state index is -1.08. The van der Waals surface area contributed by atoms with Gasteiger partial charge in [-0.1, -0.05) is 48.5 Å². The smallest absolute Gasteiger partial charge is 0.337 e. The van der Waals surface area contributed by atoms with Crippen LogP contribution in [0.1, 0.15) is 36.8 Å². The van der Waals surface area contributed by atoms with Crippen LogP contribution in [0.5, 0.6) is 0 Å². The van der Waals surface area contributed by atoms with E-state index in [1.54, 1.807) is 26.8 Å². The van der Waals surface area contributed by atoms with Gasteiger partial charge in [-0.3, -0.25) is 4.79 Å². The zero-order chi connectivity index (χ0) is 20.3. The Hall–Kier alpha value is -3.34. The minimum absolute atomic E-state index is 0.0913. The topological polar surface area (TPSA) is 68.5 Å². The monoisotopic (exact) mass is 377 g/mol. The van der Waals surface area contributed by atoms with Crippen LogP contribution in [0.25, 0.3) is 16.9 Å². The fourth-order valence-corrected chi connectivity index (χ4v) is 3.12. The molecule has 5 nitrogen and oxygen atoms in total. The molecule has 0 bridgehead atoms. The number of aromatic nitrogens is 1. The van der Waals surface area contributed by atoms with Gasteiger partial charge >= 0.3 is 11.9 Å². The fraction of sp³-hybridized carbons (Fsp3) is 0.217. The van der Waals surface area contributed by atoms with Gasteiger partial charge < -0.3 is 14.4 Å². The molecular weight excluding hydrogens is 354 g/mol. The second-order valence-corrected chi connectivity index (χ2v) is 7.50. The Bertz CT molecular complexity index is 983. The van der Waals surface area contributed by atoms with Gasteiger partial charge in [-0.2, -0.15) is 0 Å². The zero-order valence-electron chi connectivity index (χ0n) is 16.2. The molecule has 5 heteroatoms. The highest BCUT2D eigenvalue weighted by Crippen LogP contribution is 2.30. The molecule has 0 atom stereocenters. The van der Waals surface area contributed by atoms with Crippen LogP contribution in [-0.2, 0) is 16.0 Å². The van der Waals surface area contributed by atoms with Crippen molar-refractivity contribution in [3.8, 4) is 16.9 Å². The number of hydrogen-bond acceptors (Lipinski definition) is 3. The van der Waals surface area contributed by atoms with E-state index in [-0.39, 0.29) is 12.0 Å². The van der Waals surface area contributed by atoms with Gasteiger partial charge in [-0.05, 0) is 44.5 Å². The lowest BCUT2D eigenvalue weighted by Crippen LogP contribution is -2.26. The molecule has 1 N–H and O–H groups in total. The Balaban J connectivity index is 2.20. The molecular formula is C23H23NO4. The average molecular weight is 377 g/mol. The second kappa shape index (κ2) is 7.72. The SMILES string of the molecule is CC(C)(C)OC(=O)Cc1c(C(=O)O)cc(-c2ccccc2)n1-c1ccccc1. The maximum atomic E-state index is 12.5. The average Bonchev–Trinajstić information content (AvgIpc) is 3.01. The summed E-state index contributed by atoms with van der Waals surface area (Å²) in [4.78, 5) is 24.5. The van der Waals surface area contributed by atoms with Crippen molar-refractivity contribution >= 4 is 11.9 Å². The van der Waals surface area contributed by atoms with Crippen molar-refractivity contribution in [2.75, 3.05) is 0 Å². The molecule has 0 aliphatic carbocycles. The van der Waals surface area contributed by atoms with Crippen LogP contribution in [0.15, 0.2) is 66.7 Å². The molecule has 0 unspecified atom stereocenters. The molecule has 0 saturated carbocycles. The van der Waals surface area contributed by atoms with E-state index in [0.717, 1.165) is 11.3 Å². The molecule has 28 heavy (non-hydrogen) atoms. The Morgan fingerprint density at radius 2 is 1.54 bits per heavy atom. The predicted molar refractivity (Wildman–Crippen MR) is 108 cm³/mol. The Morgan fingerprint density at radius 3 is 2.07 bits per heavy atom. The lowest BCUT2D eigenvalue weighted by molar-refractivity contribution is -0.154. The van der Waals surface area contributed by atoms with Crippen LogP contribution in [0, 0.1) is 0 Å². The quantitative estimate of drug-likeness (QED) is 0.653. The largest absolute Gasteiger partial charge is 0.478 e. The highest BCUT2D eigenvalue weighted by Gasteiger charge is 2.26. The van der Waals surface area contributed by atoms with Gasteiger partial charge in [0, 0.05) is 11.4 Å². The molecule has 2 aromatic carbocycles. The number of esters is 1. The maximum Gasteiger partial charge on any atom is 0.337 e. The van der Waals surface area contributed by atoms with Gasteiger partial charge in [0.1, 0.15) is 5.60 Å². The zero-order valence-corrected chi connectivity index (χ0v) is 16.2. The number of ether oxygens (including phenoxy) is 1. The third kappa shape index (κ3) is 4.31. The van der Waals surface area contributed by atoms with Crippen molar-refractivity contribution in [2.45, 2.75) is 32.8 Å². The first-order valence-corrected chi connectivity index (χ1v) is 9.07. The number of rotatable bonds is 5. The van der Waals surface area contributed by atoms with Crippen molar-refractivity contribution in [3.63, 3.8) is 0 Å². The van der Waals surface area contributed by atoms with Crippen molar-refractivity contribution in [1.29, 1.82) is 0 Å². The first kappa shape index (κ1) is 19.4. The van der Waals surface area contributed by atoms with E-state index in [4.69, 9.17) is 4.74 Å². The summed E-state index contributed by atoms with van der Waals surface area (Å²) < 4.78 is 7.26. The van der Waals surface area contributed by atoms with E-state index in [0.29, 0.717) is 11.4 Å². The molecule has 0 aliphatic heterocycles. The molecule has 3 aromatic rings. The highest BCUT2D eigenvalue weighted by atomic mass is 16.6. The summed E-state index contributed by atoms with van der Waals surface area (Å²) in [6.45, 7) is 5.36. The number of carbonyl (C=O) groups is 2. The molecule has 3 rings (SSSR count). The minimum Gasteiger partial charge on any atom is -0.478 e. The standard InChI is InChI=1S/C23H23NO4/c1-23(2,3)28-21(25)15-20-18(22(26)27)14-19(16-10-6-4-7-11-16)24(20)17-12-8-5-9-13-17/h4-14H,15H2,1-3H3,(H,26,27). The molecule has 0 radical (unpaired) electrons. The highest BCUT2D eigenvalue weighted by molar-refractivity contribution is 5.93. The van der Waals surface area contributed by atoms with Crippen LogP contribution in [0.4, 0.5) is 0 Å². The normalized spacial score (nSPS) is 11.2. The van der Waals surface area contributed by atoms with Crippen molar-refractivity contribution < 1.29 is 19.4 Å². The van der Waals surface area contributed by atoms with E-state index < -0.39 is 17.5 Å². The van der Waals surface area contributed by atoms with E-state index in [9.17, 15) is 14.7 Å². The molecule has 0 amide bonds. The molecule has 0 aliphatic rings.